The molecule has 2 rings (SSSR count). The Kier molecular flexibility index (Phi) is 4.87. The van der Waals surface area contributed by atoms with Crippen molar-refractivity contribution in [3.8, 4) is 6.07 Å². The summed E-state index contributed by atoms with van der Waals surface area (Å²) in [6.45, 7) is 0. The number of nitrogens with zero attached hydrogens (tertiary/aromatic N) is 1. The quantitative estimate of drug-likeness (QED) is 0.734. The molecule has 0 radical (unpaired) electrons. The van der Waals surface area contributed by atoms with Gasteiger partial charge in [0.15, 0.2) is 0 Å². The zero-order valence-corrected chi connectivity index (χ0v) is 13.6. The van der Waals surface area contributed by atoms with E-state index in [9.17, 15) is 5.26 Å². The van der Waals surface area contributed by atoms with Gasteiger partial charge in [0, 0.05) is 14.6 Å². The third-order valence-electron chi connectivity index (χ3n) is 2.56. The van der Waals surface area contributed by atoms with Crippen LogP contribution in [0.15, 0.2) is 51.4 Å². The van der Waals surface area contributed by atoms with E-state index in [1.54, 1.807) is 6.07 Å². The lowest BCUT2D eigenvalue weighted by molar-refractivity contribution is 0.997. The van der Waals surface area contributed by atoms with Crippen LogP contribution in [-0.4, -0.2) is 0 Å². The number of nitrogens with one attached hydrogen (secondary N) is 1. The van der Waals surface area contributed by atoms with E-state index >= 15 is 0 Å². The Balaban J connectivity index is 2.23. The zero-order valence-electron chi connectivity index (χ0n) is 9.70. The van der Waals surface area contributed by atoms with E-state index in [1.807, 2.05) is 36.4 Å². The first-order valence-corrected chi connectivity index (χ1v) is 7.43. The second kappa shape index (κ2) is 6.42. The first kappa shape index (κ1) is 14.4. The van der Waals surface area contributed by atoms with Crippen molar-refractivity contribution in [2.45, 2.75) is 6.04 Å². The lowest BCUT2D eigenvalue weighted by atomic mass is 10.1. The molecular formula is C14H9Br2ClN2. The third-order valence-corrected chi connectivity index (χ3v) is 4.32. The van der Waals surface area contributed by atoms with E-state index < -0.39 is 6.04 Å². The molecular weight excluding hydrogens is 391 g/mol. The van der Waals surface area contributed by atoms with Crippen molar-refractivity contribution in [2.24, 2.45) is 0 Å². The van der Waals surface area contributed by atoms with Crippen molar-refractivity contribution in [3.63, 3.8) is 0 Å². The average molecular weight is 401 g/mol. The molecule has 19 heavy (non-hydrogen) atoms. The number of rotatable bonds is 3. The Morgan fingerprint density at radius 1 is 1.11 bits per heavy atom. The molecule has 5 heteroatoms. The number of benzene rings is 2. The van der Waals surface area contributed by atoms with Crippen LogP contribution in [0.1, 0.15) is 11.6 Å². The van der Waals surface area contributed by atoms with E-state index in [0.29, 0.717) is 5.02 Å². The summed E-state index contributed by atoms with van der Waals surface area (Å²) >= 11 is 12.8. The Morgan fingerprint density at radius 2 is 1.79 bits per heavy atom. The lowest BCUT2D eigenvalue weighted by Crippen LogP contribution is -2.08. The normalized spacial score (nSPS) is 11.7. The van der Waals surface area contributed by atoms with Gasteiger partial charge in [0.25, 0.3) is 0 Å². The highest BCUT2D eigenvalue weighted by Crippen LogP contribution is 2.27. The maximum atomic E-state index is 9.28. The molecule has 1 unspecified atom stereocenters. The van der Waals surface area contributed by atoms with Crippen LogP contribution >= 0.6 is 43.5 Å². The summed E-state index contributed by atoms with van der Waals surface area (Å²) in [6, 6.07) is 15.0. The summed E-state index contributed by atoms with van der Waals surface area (Å²) in [5, 5.41) is 13.0. The van der Waals surface area contributed by atoms with Gasteiger partial charge in [-0.25, -0.2) is 0 Å². The minimum atomic E-state index is -0.438. The Labute approximate surface area is 133 Å². The van der Waals surface area contributed by atoms with Crippen LogP contribution in [0.4, 0.5) is 5.69 Å². The fraction of sp³-hybridized carbons (Fsp3) is 0.0714. The molecule has 0 saturated carbocycles. The fourth-order valence-electron chi connectivity index (χ4n) is 1.59. The molecule has 2 aromatic carbocycles. The highest BCUT2D eigenvalue weighted by Gasteiger charge is 2.11. The number of anilines is 1. The molecule has 1 atom stereocenters. The largest absolute Gasteiger partial charge is 0.366 e. The van der Waals surface area contributed by atoms with Gasteiger partial charge >= 0.3 is 0 Å². The van der Waals surface area contributed by atoms with E-state index in [4.69, 9.17) is 11.6 Å². The highest BCUT2D eigenvalue weighted by molar-refractivity contribution is 9.10. The number of nitriles is 1. The summed E-state index contributed by atoms with van der Waals surface area (Å²) in [5.41, 5.74) is 1.72. The van der Waals surface area contributed by atoms with Gasteiger partial charge in [-0.2, -0.15) is 5.26 Å². The average Bonchev–Trinajstić information content (AvgIpc) is 2.41. The Morgan fingerprint density at radius 3 is 2.37 bits per heavy atom. The van der Waals surface area contributed by atoms with Crippen LogP contribution in [0.25, 0.3) is 0 Å². The van der Waals surface area contributed by atoms with Crippen LogP contribution in [-0.2, 0) is 0 Å². The van der Waals surface area contributed by atoms with E-state index in [-0.39, 0.29) is 0 Å². The Bertz CT molecular complexity index is 620. The van der Waals surface area contributed by atoms with Crippen LogP contribution in [0, 0.1) is 11.3 Å². The van der Waals surface area contributed by atoms with Crippen LogP contribution in [0.3, 0.4) is 0 Å². The Hall–Kier alpha value is -1.02. The molecule has 0 aliphatic heterocycles. The van der Waals surface area contributed by atoms with Crippen LogP contribution in [0.2, 0.25) is 5.02 Å². The predicted molar refractivity (Wildman–Crippen MR) is 85.3 cm³/mol. The maximum absolute atomic E-state index is 9.28. The van der Waals surface area contributed by atoms with Gasteiger partial charge in [-0.05, 0) is 57.9 Å². The van der Waals surface area contributed by atoms with Crippen molar-refractivity contribution in [3.05, 3.63) is 62.0 Å². The molecule has 0 bridgehead atoms. The van der Waals surface area contributed by atoms with Gasteiger partial charge in [0.1, 0.15) is 6.04 Å². The standard InChI is InChI=1S/C14H9Br2ClN2/c15-10-2-4-11(5-3-10)19-14(8-18)9-1-6-12(16)13(17)7-9/h1-7,14,19H. The van der Waals surface area contributed by atoms with E-state index in [1.165, 1.54) is 0 Å². The van der Waals surface area contributed by atoms with Crippen molar-refractivity contribution >= 4 is 49.1 Å². The number of hydrogen-bond acceptors (Lipinski definition) is 2. The van der Waals surface area contributed by atoms with E-state index in [0.717, 1.165) is 20.2 Å². The zero-order chi connectivity index (χ0) is 13.8. The molecule has 0 heterocycles. The molecule has 2 nitrogen and oxygen atoms in total. The lowest BCUT2D eigenvalue weighted by Gasteiger charge is -2.14. The van der Waals surface area contributed by atoms with Gasteiger partial charge in [-0.15, -0.1) is 0 Å². The molecule has 0 aromatic heterocycles. The topological polar surface area (TPSA) is 35.8 Å². The fourth-order valence-corrected chi connectivity index (χ4v) is 2.29. The molecule has 0 fully saturated rings. The van der Waals surface area contributed by atoms with Crippen molar-refractivity contribution in [1.82, 2.24) is 0 Å². The summed E-state index contributed by atoms with van der Waals surface area (Å²) < 4.78 is 1.82. The van der Waals surface area contributed by atoms with Gasteiger partial charge in [-0.1, -0.05) is 33.6 Å². The second-order valence-corrected chi connectivity index (χ2v) is 6.06. The second-order valence-electron chi connectivity index (χ2n) is 3.89. The molecule has 2 aromatic rings. The number of halogens is 3. The van der Waals surface area contributed by atoms with Crippen molar-refractivity contribution in [2.75, 3.05) is 5.32 Å². The molecule has 0 amide bonds. The van der Waals surface area contributed by atoms with Gasteiger partial charge in [0.05, 0.1) is 11.1 Å². The predicted octanol–water partition coefficient (Wildman–Crippen LogP) is 5.54. The first-order valence-electron chi connectivity index (χ1n) is 5.47. The number of hydrogen-bond donors (Lipinski definition) is 1. The van der Waals surface area contributed by atoms with Crippen molar-refractivity contribution in [1.29, 1.82) is 5.26 Å². The van der Waals surface area contributed by atoms with E-state index in [2.05, 4.69) is 43.2 Å². The SMILES string of the molecule is N#CC(Nc1ccc(Br)cc1)c1ccc(Br)c(Cl)c1. The summed E-state index contributed by atoms with van der Waals surface area (Å²) in [4.78, 5) is 0. The highest BCUT2D eigenvalue weighted by atomic mass is 79.9. The van der Waals surface area contributed by atoms with Crippen LogP contribution in [0.5, 0.6) is 0 Å². The summed E-state index contributed by atoms with van der Waals surface area (Å²) in [6.07, 6.45) is 0. The monoisotopic (exact) mass is 398 g/mol. The summed E-state index contributed by atoms with van der Waals surface area (Å²) in [5.74, 6) is 0. The molecule has 1 N–H and O–H groups in total. The van der Waals surface area contributed by atoms with Crippen LogP contribution < -0.4 is 5.32 Å². The minimum Gasteiger partial charge on any atom is -0.366 e. The first-order chi connectivity index (χ1) is 9.10. The van der Waals surface area contributed by atoms with Gasteiger partial charge in [-0.3, -0.25) is 0 Å². The third kappa shape index (κ3) is 3.73. The molecule has 96 valence electrons. The van der Waals surface area contributed by atoms with Gasteiger partial charge < -0.3 is 5.32 Å². The molecule has 0 spiro atoms. The smallest absolute Gasteiger partial charge is 0.140 e. The van der Waals surface area contributed by atoms with Crippen molar-refractivity contribution < 1.29 is 0 Å². The maximum Gasteiger partial charge on any atom is 0.140 e. The molecule has 0 aliphatic rings. The minimum absolute atomic E-state index is 0.438. The van der Waals surface area contributed by atoms with Gasteiger partial charge in [0.2, 0.25) is 0 Å². The molecule has 0 saturated heterocycles. The summed E-state index contributed by atoms with van der Waals surface area (Å²) in [7, 11) is 0. The molecule has 0 aliphatic carbocycles.